The molecule has 96 valence electrons. The molecule has 0 atom stereocenters. The average molecular weight is 233 g/mol. The summed E-state index contributed by atoms with van der Waals surface area (Å²) in [5.74, 6) is 1.11. The highest BCUT2D eigenvalue weighted by atomic mass is 15.0. The molecular weight excluding hydrogens is 206 g/mol. The molecule has 0 aliphatic heterocycles. The third-order valence-electron chi connectivity index (χ3n) is 2.87. The fraction of sp³-hybridized carbons (Fsp3) is 0.625. The van der Waals surface area contributed by atoms with Crippen molar-refractivity contribution in [3.05, 3.63) is 29.3 Å². The molecule has 0 unspecified atom stereocenters. The van der Waals surface area contributed by atoms with Crippen LogP contribution in [0.15, 0.2) is 18.2 Å². The van der Waals surface area contributed by atoms with Gasteiger partial charge in [-0.3, -0.25) is 0 Å². The number of rotatable bonds is 3. The molecule has 1 N–H and O–H groups in total. The molecule has 0 aliphatic carbocycles. The van der Waals surface area contributed by atoms with Crippen molar-refractivity contribution in [3.8, 4) is 0 Å². The Morgan fingerprint density at radius 2 is 1.29 bits per heavy atom. The van der Waals surface area contributed by atoms with Gasteiger partial charge in [-0.15, -0.1) is 0 Å². The van der Waals surface area contributed by atoms with Crippen LogP contribution in [0.4, 0.5) is 5.69 Å². The first-order chi connectivity index (χ1) is 7.72. The van der Waals surface area contributed by atoms with E-state index in [1.54, 1.807) is 0 Å². The molecule has 1 aromatic carbocycles. The normalized spacial score (nSPS) is 12.3. The Morgan fingerprint density at radius 3 is 1.59 bits per heavy atom. The molecule has 0 aliphatic rings. The predicted molar refractivity (Wildman–Crippen MR) is 78.0 cm³/mol. The Kier molecular flexibility index (Phi) is 4.24. The number of anilines is 1. The molecule has 0 spiro atoms. The maximum Gasteiger partial charge on any atom is 0.0414 e. The van der Waals surface area contributed by atoms with Gasteiger partial charge < -0.3 is 5.32 Å². The summed E-state index contributed by atoms with van der Waals surface area (Å²) in [7, 11) is 0. The van der Waals surface area contributed by atoms with Gasteiger partial charge in [-0.1, -0.05) is 45.9 Å². The first-order valence-corrected chi connectivity index (χ1v) is 6.63. The van der Waals surface area contributed by atoms with E-state index in [1.807, 2.05) is 0 Å². The molecular formula is C16H27N. The van der Waals surface area contributed by atoms with Gasteiger partial charge in [0, 0.05) is 11.2 Å². The summed E-state index contributed by atoms with van der Waals surface area (Å²) in [6.45, 7) is 15.7. The third kappa shape index (κ3) is 3.76. The molecule has 1 nitrogen and oxygen atoms in total. The minimum absolute atomic E-state index is 0.106. The zero-order chi connectivity index (χ0) is 13.2. The Morgan fingerprint density at radius 1 is 0.882 bits per heavy atom. The van der Waals surface area contributed by atoms with Gasteiger partial charge >= 0.3 is 0 Å². The summed E-state index contributed by atoms with van der Waals surface area (Å²) in [6, 6.07) is 6.66. The molecule has 1 aromatic rings. The van der Waals surface area contributed by atoms with Gasteiger partial charge in [0.15, 0.2) is 0 Å². The van der Waals surface area contributed by atoms with Gasteiger partial charge in [-0.2, -0.15) is 0 Å². The lowest BCUT2D eigenvalue weighted by atomic mass is 9.91. The molecule has 0 aromatic heterocycles. The molecule has 0 heterocycles. The highest BCUT2D eigenvalue weighted by Crippen LogP contribution is 2.33. The van der Waals surface area contributed by atoms with Crippen LogP contribution in [0.1, 0.15) is 71.4 Å². The van der Waals surface area contributed by atoms with Crippen molar-refractivity contribution in [1.82, 2.24) is 0 Å². The highest BCUT2D eigenvalue weighted by Gasteiger charge is 2.18. The van der Waals surface area contributed by atoms with Crippen molar-refractivity contribution < 1.29 is 0 Å². The molecule has 0 radical (unpaired) electrons. The fourth-order valence-electron chi connectivity index (χ4n) is 2.07. The zero-order valence-corrected chi connectivity index (χ0v) is 12.4. The van der Waals surface area contributed by atoms with Crippen molar-refractivity contribution in [2.24, 2.45) is 0 Å². The van der Waals surface area contributed by atoms with Crippen molar-refractivity contribution in [2.75, 3.05) is 5.32 Å². The van der Waals surface area contributed by atoms with Gasteiger partial charge in [0.05, 0.1) is 0 Å². The minimum atomic E-state index is 0.106. The summed E-state index contributed by atoms with van der Waals surface area (Å²) in [5, 5.41) is 3.68. The Bertz CT molecular complexity index is 343. The van der Waals surface area contributed by atoms with Crippen molar-refractivity contribution in [2.45, 2.75) is 65.8 Å². The van der Waals surface area contributed by atoms with E-state index in [-0.39, 0.29) is 5.54 Å². The molecule has 0 fully saturated rings. The predicted octanol–water partition coefficient (Wildman–Crippen LogP) is 5.14. The van der Waals surface area contributed by atoms with Crippen molar-refractivity contribution in [1.29, 1.82) is 0 Å². The number of benzene rings is 1. The molecule has 1 heteroatoms. The average Bonchev–Trinajstić information content (AvgIpc) is 2.14. The lowest BCUT2D eigenvalue weighted by molar-refractivity contribution is 0.628. The lowest BCUT2D eigenvalue weighted by Crippen LogP contribution is -2.27. The van der Waals surface area contributed by atoms with Crippen LogP contribution >= 0.6 is 0 Å². The van der Waals surface area contributed by atoms with E-state index < -0.39 is 0 Å². The van der Waals surface area contributed by atoms with Gasteiger partial charge in [-0.05, 0) is 43.7 Å². The smallest absolute Gasteiger partial charge is 0.0414 e. The van der Waals surface area contributed by atoms with E-state index in [2.05, 4.69) is 72.0 Å². The van der Waals surface area contributed by atoms with Gasteiger partial charge in [0.1, 0.15) is 0 Å². The Hall–Kier alpha value is -0.980. The van der Waals surface area contributed by atoms with E-state index in [4.69, 9.17) is 0 Å². The zero-order valence-electron chi connectivity index (χ0n) is 12.4. The second-order valence-electron chi connectivity index (χ2n) is 6.50. The summed E-state index contributed by atoms with van der Waals surface area (Å²) in [6.07, 6.45) is 0. The van der Waals surface area contributed by atoms with E-state index >= 15 is 0 Å². The molecule has 0 amide bonds. The Balaban J connectivity index is 3.29. The van der Waals surface area contributed by atoms with Crippen molar-refractivity contribution in [3.63, 3.8) is 0 Å². The fourth-order valence-corrected chi connectivity index (χ4v) is 2.07. The van der Waals surface area contributed by atoms with Crippen LogP contribution < -0.4 is 5.32 Å². The SMILES string of the molecule is CC(C)c1cccc(C(C)C)c1NC(C)(C)C. The molecule has 0 saturated carbocycles. The van der Waals surface area contributed by atoms with Crippen LogP contribution in [0, 0.1) is 0 Å². The van der Waals surface area contributed by atoms with Gasteiger partial charge in [0.2, 0.25) is 0 Å². The number of para-hydroxylation sites is 1. The second kappa shape index (κ2) is 5.12. The molecule has 0 bridgehead atoms. The van der Waals surface area contributed by atoms with Gasteiger partial charge in [-0.25, -0.2) is 0 Å². The van der Waals surface area contributed by atoms with E-state index in [9.17, 15) is 0 Å². The maximum atomic E-state index is 3.68. The van der Waals surface area contributed by atoms with Crippen LogP contribution in [0.3, 0.4) is 0 Å². The van der Waals surface area contributed by atoms with E-state index in [0.717, 1.165) is 0 Å². The van der Waals surface area contributed by atoms with Crippen LogP contribution in [0.5, 0.6) is 0 Å². The van der Waals surface area contributed by atoms with E-state index in [0.29, 0.717) is 11.8 Å². The van der Waals surface area contributed by atoms with Gasteiger partial charge in [0.25, 0.3) is 0 Å². The first-order valence-electron chi connectivity index (χ1n) is 6.63. The summed E-state index contributed by atoms with van der Waals surface area (Å²) >= 11 is 0. The third-order valence-corrected chi connectivity index (χ3v) is 2.87. The first kappa shape index (κ1) is 14.1. The topological polar surface area (TPSA) is 12.0 Å². The number of hydrogen-bond donors (Lipinski definition) is 1. The highest BCUT2D eigenvalue weighted by molar-refractivity contribution is 5.61. The lowest BCUT2D eigenvalue weighted by Gasteiger charge is -2.28. The van der Waals surface area contributed by atoms with E-state index in [1.165, 1.54) is 16.8 Å². The molecule has 17 heavy (non-hydrogen) atoms. The molecule has 0 saturated heterocycles. The summed E-state index contributed by atoms with van der Waals surface area (Å²) in [5.41, 5.74) is 4.29. The monoisotopic (exact) mass is 233 g/mol. The standard InChI is InChI=1S/C16H27N/c1-11(2)13-9-8-10-14(12(3)4)15(13)17-16(5,6)7/h8-12,17H,1-7H3. The van der Waals surface area contributed by atoms with Crippen LogP contribution in [-0.2, 0) is 0 Å². The van der Waals surface area contributed by atoms with Crippen LogP contribution in [-0.4, -0.2) is 5.54 Å². The maximum absolute atomic E-state index is 3.68. The van der Waals surface area contributed by atoms with Crippen molar-refractivity contribution >= 4 is 5.69 Å². The minimum Gasteiger partial charge on any atom is -0.380 e. The van der Waals surface area contributed by atoms with Crippen LogP contribution in [0.2, 0.25) is 0 Å². The largest absolute Gasteiger partial charge is 0.380 e. The number of nitrogens with one attached hydrogen (secondary N) is 1. The second-order valence-corrected chi connectivity index (χ2v) is 6.50. The Labute approximate surface area is 107 Å². The summed E-state index contributed by atoms with van der Waals surface area (Å²) < 4.78 is 0. The quantitative estimate of drug-likeness (QED) is 0.762. The molecule has 1 rings (SSSR count). The number of hydrogen-bond acceptors (Lipinski definition) is 1. The van der Waals surface area contributed by atoms with Crippen LogP contribution in [0.25, 0.3) is 0 Å². The summed E-state index contributed by atoms with van der Waals surface area (Å²) in [4.78, 5) is 0.